The zero-order valence-corrected chi connectivity index (χ0v) is 40.0. The van der Waals surface area contributed by atoms with Gasteiger partial charge in [-0.05, 0) is 118 Å². The largest absolute Gasteiger partial charge is 0.368 e. The number of fused-ring (bicyclic) bond motifs is 3. The minimum absolute atomic E-state index is 0.0212. The number of nitrogens with two attached hydrogens (primary N) is 1. The molecule has 4 atom stereocenters. The number of benzene rings is 7. The predicted octanol–water partition coefficient (Wildman–Crippen LogP) is 6.34. The van der Waals surface area contributed by atoms with E-state index in [1.165, 1.54) is 24.3 Å². The molecule has 0 aliphatic carbocycles. The molecule has 6 amide bonds. The van der Waals surface area contributed by atoms with Crippen LogP contribution in [-0.2, 0) is 43.2 Å². The highest BCUT2D eigenvalue weighted by Crippen LogP contribution is 2.22. The topological polar surface area (TPSA) is 201 Å². The second-order valence-electron chi connectivity index (χ2n) is 18.5. The van der Waals surface area contributed by atoms with Gasteiger partial charge in [0.1, 0.15) is 30.0 Å². The SMILES string of the molecule is NC(=O)[C@H](CCCCNC(=O)c1ccc(F)cc1)NC(=O)[C@H](Cc1cccc2ccccc12)NC(=O)[C@@H](Cc1ccc2ccccc2c1)NC(=O)[C@@H](Cc1ccc2ccccc2c1)NC(=O)C1CCNCC1. The Morgan fingerprint density at radius 2 is 1.06 bits per heavy atom. The van der Waals surface area contributed by atoms with Crippen molar-refractivity contribution < 1.29 is 33.2 Å². The van der Waals surface area contributed by atoms with Crippen molar-refractivity contribution in [2.75, 3.05) is 19.6 Å². The molecular formula is C58H60FN7O6. The highest BCUT2D eigenvalue weighted by atomic mass is 19.1. The summed E-state index contributed by atoms with van der Waals surface area (Å²) in [7, 11) is 0. The molecule has 0 spiro atoms. The van der Waals surface area contributed by atoms with Crippen LogP contribution in [0.15, 0.2) is 152 Å². The molecule has 1 saturated heterocycles. The quantitative estimate of drug-likeness (QED) is 0.0408. The first-order valence-electron chi connectivity index (χ1n) is 24.6. The number of unbranched alkanes of at least 4 members (excludes halogenated alkanes) is 1. The van der Waals surface area contributed by atoms with Gasteiger partial charge in [-0.1, -0.05) is 127 Å². The zero-order valence-electron chi connectivity index (χ0n) is 40.0. The Morgan fingerprint density at radius 3 is 1.65 bits per heavy atom. The average molecular weight is 970 g/mol. The molecule has 0 saturated carbocycles. The van der Waals surface area contributed by atoms with Crippen molar-refractivity contribution in [2.45, 2.75) is 75.5 Å². The fourth-order valence-electron chi connectivity index (χ4n) is 9.38. The highest BCUT2D eigenvalue weighted by Gasteiger charge is 2.33. The van der Waals surface area contributed by atoms with Crippen LogP contribution in [-0.4, -0.2) is 79.2 Å². The number of piperidine rings is 1. The van der Waals surface area contributed by atoms with Gasteiger partial charge in [-0.3, -0.25) is 28.8 Å². The summed E-state index contributed by atoms with van der Waals surface area (Å²) < 4.78 is 13.4. The lowest BCUT2D eigenvalue weighted by atomic mass is 9.95. The second-order valence-corrected chi connectivity index (χ2v) is 18.5. The first-order chi connectivity index (χ1) is 35.0. The van der Waals surface area contributed by atoms with Crippen molar-refractivity contribution in [1.82, 2.24) is 31.9 Å². The molecule has 13 nitrogen and oxygen atoms in total. The third kappa shape index (κ3) is 13.5. The molecule has 0 unspecified atom stereocenters. The van der Waals surface area contributed by atoms with Gasteiger partial charge in [0.05, 0.1) is 0 Å². The normalized spacial score (nSPS) is 14.4. The van der Waals surface area contributed by atoms with Crippen LogP contribution in [0.25, 0.3) is 32.3 Å². The minimum atomic E-state index is -1.25. The number of hydrogen-bond acceptors (Lipinski definition) is 7. The van der Waals surface area contributed by atoms with Crippen molar-refractivity contribution in [2.24, 2.45) is 11.7 Å². The van der Waals surface area contributed by atoms with Gasteiger partial charge in [0.2, 0.25) is 29.5 Å². The van der Waals surface area contributed by atoms with Crippen molar-refractivity contribution in [3.8, 4) is 0 Å². The van der Waals surface area contributed by atoms with Gasteiger partial charge < -0.3 is 37.6 Å². The molecule has 0 radical (unpaired) electrons. The lowest BCUT2D eigenvalue weighted by Crippen LogP contribution is -2.59. The van der Waals surface area contributed by atoms with Gasteiger partial charge in [-0.2, -0.15) is 0 Å². The van der Waals surface area contributed by atoms with Crippen LogP contribution < -0.4 is 37.6 Å². The number of carbonyl (C=O) groups is 6. The molecule has 14 heteroatoms. The molecule has 0 aromatic heterocycles. The summed E-state index contributed by atoms with van der Waals surface area (Å²) >= 11 is 0. The molecule has 1 heterocycles. The summed E-state index contributed by atoms with van der Waals surface area (Å²) in [6.07, 6.45) is 2.44. The van der Waals surface area contributed by atoms with Crippen molar-refractivity contribution in [3.05, 3.63) is 180 Å². The number of halogens is 1. The van der Waals surface area contributed by atoms with Gasteiger partial charge in [-0.25, -0.2) is 4.39 Å². The summed E-state index contributed by atoms with van der Waals surface area (Å²) in [6, 6.07) is 41.3. The molecule has 8 rings (SSSR count). The standard InChI is InChI=1S/C58H60FN7O6/c59-47-25-23-42(24-26-47)54(68)62-29-8-7-18-49(53(60)67)63-58(72)52(36-46-16-9-15-41-12-5-6-17-48(41)46)66-57(71)51(35-38-20-22-40-11-2-4-14-45(40)33-38)65-56(70)50(64-55(69)43-27-30-61-31-28-43)34-37-19-21-39-10-1-3-13-44(39)32-37/h1-6,9-17,19-26,32-33,43,49-52,61H,7-8,18,27-31,34-36H2,(H2,60,67)(H,62,68)(H,63,72)(H,64,69)(H,65,70)(H,66,71)/t49-,50+,51+,52-/m0/s1. The fraction of sp³-hybridized carbons (Fsp3) is 0.276. The van der Waals surface area contributed by atoms with Crippen LogP contribution in [0.4, 0.5) is 4.39 Å². The van der Waals surface area contributed by atoms with Gasteiger partial charge in [0, 0.05) is 37.3 Å². The van der Waals surface area contributed by atoms with E-state index in [0.29, 0.717) is 44.3 Å². The Kier molecular flexibility index (Phi) is 17.0. The van der Waals surface area contributed by atoms with E-state index in [0.717, 1.165) is 49.0 Å². The molecule has 0 bridgehead atoms. The van der Waals surface area contributed by atoms with Crippen LogP contribution in [0.2, 0.25) is 0 Å². The third-order valence-corrected chi connectivity index (χ3v) is 13.4. The molecule has 1 aliphatic heterocycles. The van der Waals surface area contributed by atoms with E-state index in [4.69, 9.17) is 5.73 Å². The predicted molar refractivity (Wildman–Crippen MR) is 278 cm³/mol. The number of hydrogen-bond donors (Lipinski definition) is 7. The van der Waals surface area contributed by atoms with E-state index in [1.54, 1.807) is 0 Å². The lowest BCUT2D eigenvalue weighted by Gasteiger charge is -2.28. The molecule has 72 heavy (non-hydrogen) atoms. The monoisotopic (exact) mass is 969 g/mol. The lowest BCUT2D eigenvalue weighted by molar-refractivity contribution is -0.135. The van der Waals surface area contributed by atoms with Crippen LogP contribution in [0.3, 0.4) is 0 Å². The van der Waals surface area contributed by atoms with Gasteiger partial charge in [0.25, 0.3) is 5.91 Å². The van der Waals surface area contributed by atoms with E-state index in [9.17, 15) is 28.4 Å². The molecular weight excluding hydrogens is 910 g/mol. The summed E-state index contributed by atoms with van der Waals surface area (Å²) in [5.41, 5.74) is 8.49. The summed E-state index contributed by atoms with van der Waals surface area (Å²) in [5, 5.41) is 23.6. The number of amides is 6. The van der Waals surface area contributed by atoms with E-state index < -0.39 is 53.6 Å². The van der Waals surface area contributed by atoms with E-state index >= 15 is 4.79 Å². The van der Waals surface area contributed by atoms with Crippen LogP contribution in [0.5, 0.6) is 0 Å². The Balaban J connectivity index is 1.05. The van der Waals surface area contributed by atoms with Crippen LogP contribution >= 0.6 is 0 Å². The first-order valence-corrected chi connectivity index (χ1v) is 24.6. The van der Waals surface area contributed by atoms with E-state index in [1.807, 2.05) is 127 Å². The second kappa shape index (κ2) is 24.2. The zero-order chi connectivity index (χ0) is 50.4. The Labute approximate surface area is 417 Å². The fourth-order valence-corrected chi connectivity index (χ4v) is 9.38. The number of rotatable bonds is 21. The third-order valence-electron chi connectivity index (χ3n) is 13.4. The van der Waals surface area contributed by atoms with Gasteiger partial charge >= 0.3 is 0 Å². The maximum absolute atomic E-state index is 15.0. The maximum atomic E-state index is 15.0. The molecule has 7 aromatic rings. The molecule has 7 aromatic carbocycles. The summed E-state index contributed by atoms with van der Waals surface area (Å²) in [6.45, 7) is 1.62. The highest BCUT2D eigenvalue weighted by molar-refractivity contribution is 5.97. The maximum Gasteiger partial charge on any atom is 0.251 e. The van der Waals surface area contributed by atoms with E-state index in [-0.39, 0.29) is 50.0 Å². The number of carbonyl (C=O) groups excluding carboxylic acids is 6. The molecule has 8 N–H and O–H groups in total. The van der Waals surface area contributed by atoms with Crippen molar-refractivity contribution in [1.29, 1.82) is 0 Å². The van der Waals surface area contributed by atoms with Crippen molar-refractivity contribution >= 4 is 67.8 Å². The summed E-state index contributed by atoms with van der Waals surface area (Å²) in [4.78, 5) is 83.7. The minimum Gasteiger partial charge on any atom is -0.368 e. The Bertz CT molecular complexity index is 3060. The number of primary amides is 1. The van der Waals surface area contributed by atoms with Gasteiger partial charge in [0.15, 0.2) is 0 Å². The Morgan fingerprint density at radius 1 is 0.542 bits per heavy atom. The molecule has 370 valence electrons. The first kappa shape index (κ1) is 50.4. The summed E-state index contributed by atoms with van der Waals surface area (Å²) in [5.74, 6) is -4.02. The number of nitrogens with one attached hydrogen (secondary N) is 6. The van der Waals surface area contributed by atoms with E-state index in [2.05, 4.69) is 31.9 Å². The van der Waals surface area contributed by atoms with Crippen molar-refractivity contribution in [3.63, 3.8) is 0 Å². The molecule has 1 aliphatic rings. The van der Waals surface area contributed by atoms with Crippen LogP contribution in [0.1, 0.15) is 59.2 Å². The van der Waals surface area contributed by atoms with Crippen LogP contribution in [0, 0.1) is 11.7 Å². The smallest absolute Gasteiger partial charge is 0.251 e. The molecule has 1 fully saturated rings. The Hall–Kier alpha value is -7.97. The average Bonchev–Trinajstić information content (AvgIpc) is 3.40. The van der Waals surface area contributed by atoms with Gasteiger partial charge in [-0.15, -0.1) is 0 Å².